The molecule has 1 aromatic heterocycles. The molecule has 2 aromatic carbocycles. The minimum absolute atomic E-state index is 0.0109. The second-order valence-corrected chi connectivity index (χ2v) is 7.05. The molecule has 0 fully saturated rings. The summed E-state index contributed by atoms with van der Waals surface area (Å²) in [6, 6.07) is 11.8. The van der Waals surface area contributed by atoms with Crippen LogP contribution in [0, 0.1) is 6.92 Å². The van der Waals surface area contributed by atoms with Crippen LogP contribution in [-0.4, -0.2) is 26.9 Å². The lowest BCUT2D eigenvalue weighted by atomic mass is 9.96. The average Bonchev–Trinajstić information content (AvgIpc) is 3.27. The molecule has 7 nitrogen and oxygen atoms in total. The predicted octanol–water partition coefficient (Wildman–Crippen LogP) is 6.18. The van der Waals surface area contributed by atoms with Crippen LogP contribution in [0.1, 0.15) is 36.7 Å². The first-order chi connectivity index (χ1) is 14.5. The Kier molecular flexibility index (Phi) is 6.75. The van der Waals surface area contributed by atoms with Gasteiger partial charge < -0.3 is 18.6 Å². The fourth-order valence-corrected chi connectivity index (χ4v) is 3.87. The van der Waals surface area contributed by atoms with E-state index >= 15 is 0 Å². The van der Waals surface area contributed by atoms with Gasteiger partial charge in [0.2, 0.25) is 0 Å². The molecule has 2 atom stereocenters. The molecule has 0 spiro atoms. The first kappa shape index (κ1) is 21.4. The van der Waals surface area contributed by atoms with Gasteiger partial charge in [-0.25, -0.2) is 0 Å². The first-order valence-corrected chi connectivity index (χ1v) is 9.95. The summed E-state index contributed by atoms with van der Waals surface area (Å²) in [5.41, 5.74) is 11.6. The van der Waals surface area contributed by atoms with Crippen molar-refractivity contribution in [3.05, 3.63) is 63.7 Å². The van der Waals surface area contributed by atoms with Gasteiger partial charge in [0.15, 0.2) is 22.8 Å². The molecule has 158 valence electrons. The number of fused-ring (bicyclic) bond motifs is 2. The summed E-state index contributed by atoms with van der Waals surface area (Å²) >= 11 is 0. The van der Waals surface area contributed by atoms with Crippen LogP contribution in [0.15, 0.2) is 45.9 Å². The third kappa shape index (κ3) is 4.02. The summed E-state index contributed by atoms with van der Waals surface area (Å²) in [6.45, 7) is 6.52. The van der Waals surface area contributed by atoms with Crippen molar-refractivity contribution in [2.75, 3.05) is 20.8 Å². The number of furan rings is 1. The molecule has 2 heterocycles. The van der Waals surface area contributed by atoms with Crippen molar-refractivity contribution in [1.29, 1.82) is 0 Å². The van der Waals surface area contributed by atoms with Crippen molar-refractivity contribution in [1.82, 2.24) is 0 Å². The largest absolute Gasteiger partial charge is 0.493 e. The minimum Gasteiger partial charge on any atom is -0.493 e. The maximum atomic E-state index is 8.35. The highest BCUT2D eigenvalue weighted by molar-refractivity contribution is 5.87. The van der Waals surface area contributed by atoms with Gasteiger partial charge in [-0.1, -0.05) is 36.3 Å². The number of benzene rings is 2. The zero-order valence-electron chi connectivity index (χ0n) is 18.0. The molecule has 2 unspecified atom stereocenters. The Balaban J connectivity index is 0.000000172. The number of rotatable bonds is 5. The molecule has 4 rings (SSSR count). The third-order valence-corrected chi connectivity index (χ3v) is 5.40. The van der Waals surface area contributed by atoms with Crippen molar-refractivity contribution in [3.63, 3.8) is 0 Å². The molecular formula is C23H27N3O4. The smallest absolute Gasteiger partial charge is 0.176 e. The minimum atomic E-state index is 0.0109. The Labute approximate surface area is 176 Å². The first-order valence-electron chi connectivity index (χ1n) is 9.95. The summed E-state index contributed by atoms with van der Waals surface area (Å²) in [5, 5.41) is 4.79. The number of aryl methyl sites for hydroxylation is 2. The van der Waals surface area contributed by atoms with Crippen LogP contribution < -0.4 is 14.2 Å². The van der Waals surface area contributed by atoms with Crippen molar-refractivity contribution in [3.8, 4) is 17.2 Å². The van der Waals surface area contributed by atoms with Gasteiger partial charge in [0.25, 0.3) is 0 Å². The van der Waals surface area contributed by atoms with E-state index in [0.717, 1.165) is 40.6 Å². The van der Waals surface area contributed by atoms with Gasteiger partial charge in [0.05, 0.1) is 14.2 Å². The number of hydrogen-bond acceptors (Lipinski definition) is 5. The van der Waals surface area contributed by atoms with Crippen molar-refractivity contribution in [2.24, 2.45) is 5.11 Å². The van der Waals surface area contributed by atoms with Gasteiger partial charge in [-0.2, -0.15) is 0 Å². The van der Waals surface area contributed by atoms with E-state index in [1.165, 1.54) is 10.9 Å². The Morgan fingerprint density at radius 3 is 2.47 bits per heavy atom. The van der Waals surface area contributed by atoms with Crippen molar-refractivity contribution >= 4 is 11.0 Å². The molecule has 7 heteroatoms. The molecule has 0 saturated carbocycles. The summed E-state index contributed by atoms with van der Waals surface area (Å²) < 4.78 is 21.9. The third-order valence-electron chi connectivity index (χ3n) is 5.40. The van der Waals surface area contributed by atoms with Crippen LogP contribution in [0.3, 0.4) is 0 Å². The lowest BCUT2D eigenvalue weighted by Crippen LogP contribution is -2.16. The maximum absolute atomic E-state index is 8.35. The van der Waals surface area contributed by atoms with Crippen LogP contribution in [-0.2, 0) is 6.42 Å². The zero-order valence-corrected chi connectivity index (χ0v) is 18.0. The number of para-hydroxylation sites is 2. The Morgan fingerprint density at radius 2 is 1.80 bits per heavy atom. The molecule has 30 heavy (non-hydrogen) atoms. The Morgan fingerprint density at radius 1 is 1.10 bits per heavy atom. The van der Waals surface area contributed by atoms with Gasteiger partial charge in [0.1, 0.15) is 11.9 Å². The molecule has 0 aliphatic carbocycles. The summed E-state index contributed by atoms with van der Waals surface area (Å²) in [5.74, 6) is 3.42. The molecule has 1 aliphatic heterocycles. The lowest BCUT2D eigenvalue weighted by Gasteiger charge is -2.10. The van der Waals surface area contributed by atoms with Gasteiger partial charge in [-0.15, -0.1) is 0 Å². The van der Waals surface area contributed by atoms with E-state index in [4.69, 9.17) is 24.2 Å². The van der Waals surface area contributed by atoms with E-state index in [2.05, 4.69) is 23.0 Å². The number of methoxy groups -OCH3 is 2. The van der Waals surface area contributed by atoms with E-state index in [9.17, 15) is 0 Å². The second-order valence-electron chi connectivity index (χ2n) is 7.05. The highest BCUT2D eigenvalue weighted by Crippen LogP contribution is 2.44. The summed E-state index contributed by atoms with van der Waals surface area (Å²) in [4.78, 5) is 2.79. The standard InChI is InChI=1S/C12H14O2.C11H13N3O2/c1-4-9-8(2)14-12-10(9)6-5-7-11(12)13-3;1-7-9(6-13-14-12)8-4-3-5-10(15-2)11(8)16-7/h5-7H,4H2,1-3H3;3-5,7,9H,6H2,1-2H3. The van der Waals surface area contributed by atoms with E-state index in [1.807, 2.05) is 44.2 Å². The molecule has 0 saturated heterocycles. The van der Waals surface area contributed by atoms with E-state index < -0.39 is 0 Å². The van der Waals surface area contributed by atoms with Crippen LogP contribution >= 0.6 is 0 Å². The zero-order chi connectivity index (χ0) is 21.7. The van der Waals surface area contributed by atoms with Gasteiger partial charge >= 0.3 is 0 Å². The fourth-order valence-electron chi connectivity index (χ4n) is 3.87. The fraction of sp³-hybridized carbons (Fsp3) is 0.391. The number of hydrogen-bond donors (Lipinski definition) is 0. The number of ether oxygens (including phenoxy) is 3. The van der Waals surface area contributed by atoms with Crippen molar-refractivity contribution in [2.45, 2.75) is 39.2 Å². The lowest BCUT2D eigenvalue weighted by molar-refractivity contribution is 0.220. The Hall–Kier alpha value is -3.31. The molecular weight excluding hydrogens is 382 g/mol. The predicted molar refractivity (Wildman–Crippen MR) is 117 cm³/mol. The SMILES string of the molecule is CCc1c(C)oc2c(OC)cccc12.COc1cccc2c1OC(C)C2CN=[N+]=[N-]. The van der Waals surface area contributed by atoms with E-state index in [1.54, 1.807) is 14.2 Å². The van der Waals surface area contributed by atoms with Crippen LogP contribution in [0.25, 0.3) is 21.4 Å². The van der Waals surface area contributed by atoms with E-state index in [-0.39, 0.29) is 12.0 Å². The average molecular weight is 409 g/mol. The molecule has 0 bridgehead atoms. The monoisotopic (exact) mass is 409 g/mol. The topological polar surface area (TPSA) is 89.6 Å². The quantitative estimate of drug-likeness (QED) is 0.286. The number of azide groups is 1. The van der Waals surface area contributed by atoms with Gasteiger partial charge in [0, 0.05) is 33.9 Å². The highest BCUT2D eigenvalue weighted by atomic mass is 16.5. The van der Waals surface area contributed by atoms with Crippen LogP contribution in [0.5, 0.6) is 17.2 Å². The summed E-state index contributed by atoms with van der Waals surface area (Å²) in [7, 11) is 3.28. The van der Waals surface area contributed by atoms with Gasteiger partial charge in [-0.3, -0.25) is 0 Å². The number of nitrogens with zero attached hydrogens (tertiary/aromatic N) is 3. The summed E-state index contributed by atoms with van der Waals surface area (Å²) in [6.07, 6.45) is 1.00. The molecule has 0 amide bonds. The molecule has 0 N–H and O–H groups in total. The molecule has 3 aromatic rings. The Bertz CT molecular complexity index is 1070. The van der Waals surface area contributed by atoms with Crippen LogP contribution in [0.4, 0.5) is 0 Å². The van der Waals surface area contributed by atoms with E-state index in [0.29, 0.717) is 6.54 Å². The second kappa shape index (κ2) is 9.46. The molecule has 0 radical (unpaired) electrons. The maximum Gasteiger partial charge on any atom is 0.176 e. The van der Waals surface area contributed by atoms with Crippen LogP contribution in [0.2, 0.25) is 0 Å². The van der Waals surface area contributed by atoms with Crippen molar-refractivity contribution < 1.29 is 18.6 Å². The molecule has 1 aliphatic rings. The highest BCUT2D eigenvalue weighted by Gasteiger charge is 2.32. The normalized spacial score (nSPS) is 16.7. The van der Waals surface area contributed by atoms with Gasteiger partial charge in [-0.05, 0) is 37.9 Å².